The van der Waals surface area contributed by atoms with Crippen LogP contribution in [0.5, 0.6) is 0 Å². The molecule has 1 aromatic carbocycles. The largest absolute Gasteiger partial charge is 0.344 e. The lowest BCUT2D eigenvalue weighted by atomic mass is 10.2. The van der Waals surface area contributed by atoms with E-state index in [1.165, 1.54) is 0 Å². The third-order valence-electron chi connectivity index (χ3n) is 2.83. The molecule has 20 heavy (non-hydrogen) atoms. The molecule has 0 saturated carbocycles. The molecular formula is C14H13N3O3. The Bertz CT molecular complexity index is 779. The summed E-state index contributed by atoms with van der Waals surface area (Å²) in [5.74, 6) is 0. The molecule has 0 radical (unpaired) electrons. The second-order valence-electron chi connectivity index (χ2n) is 4.02. The highest BCUT2D eigenvalue weighted by molar-refractivity contribution is 5.21. The van der Waals surface area contributed by atoms with Crippen LogP contribution >= 0.6 is 0 Å². The van der Waals surface area contributed by atoms with E-state index in [-0.39, 0.29) is 6.54 Å². The molecule has 2 aromatic rings. The molecule has 0 fully saturated rings. The van der Waals surface area contributed by atoms with Gasteiger partial charge in [0.05, 0.1) is 6.54 Å². The lowest BCUT2D eigenvalue weighted by molar-refractivity contribution is 0.601. The Balaban J connectivity index is 2.74. The fraction of sp³-hybridized carbons (Fsp3) is 0.0714. The van der Waals surface area contributed by atoms with Crippen molar-refractivity contribution in [1.29, 1.82) is 0 Å². The van der Waals surface area contributed by atoms with Crippen molar-refractivity contribution in [3.63, 3.8) is 0 Å². The van der Waals surface area contributed by atoms with E-state index >= 15 is 0 Å². The zero-order chi connectivity index (χ0) is 14.7. The topological polar surface area (TPSA) is 66.0 Å². The maximum atomic E-state index is 12.1. The third kappa shape index (κ3) is 2.18. The average molecular weight is 271 g/mol. The van der Waals surface area contributed by atoms with Gasteiger partial charge in [0.1, 0.15) is 0 Å². The van der Waals surface area contributed by atoms with Crippen LogP contribution < -0.4 is 17.1 Å². The van der Waals surface area contributed by atoms with Crippen LogP contribution in [0, 0.1) is 0 Å². The Kier molecular flexibility index (Phi) is 3.65. The van der Waals surface area contributed by atoms with Gasteiger partial charge in [-0.25, -0.2) is 28.1 Å². The quantitative estimate of drug-likeness (QED) is 0.809. The molecule has 1 aromatic heterocycles. The minimum Gasteiger partial charge on any atom is -0.247 e. The van der Waals surface area contributed by atoms with Crippen molar-refractivity contribution in [2.45, 2.75) is 6.54 Å². The van der Waals surface area contributed by atoms with Gasteiger partial charge in [-0.3, -0.25) is 0 Å². The van der Waals surface area contributed by atoms with Crippen LogP contribution in [0.15, 0.2) is 57.9 Å². The van der Waals surface area contributed by atoms with Crippen molar-refractivity contribution in [1.82, 2.24) is 13.7 Å². The molecular weight excluding hydrogens is 258 g/mol. The number of nitrogens with zero attached hydrogens (tertiary/aromatic N) is 3. The molecule has 0 aliphatic rings. The number of hydrogen-bond acceptors (Lipinski definition) is 3. The Hall–Kier alpha value is -2.89. The summed E-state index contributed by atoms with van der Waals surface area (Å²) in [5, 5.41) is 0. The molecule has 2 rings (SSSR count). The van der Waals surface area contributed by atoms with Gasteiger partial charge < -0.3 is 0 Å². The van der Waals surface area contributed by atoms with Crippen LogP contribution in [0.4, 0.5) is 0 Å². The summed E-state index contributed by atoms with van der Waals surface area (Å²) in [4.78, 5) is 36.1. The summed E-state index contributed by atoms with van der Waals surface area (Å²) in [5.41, 5.74) is -1.46. The molecule has 6 nitrogen and oxygen atoms in total. The van der Waals surface area contributed by atoms with E-state index in [9.17, 15) is 14.4 Å². The first-order chi connectivity index (χ1) is 9.60. The fourth-order valence-corrected chi connectivity index (χ4v) is 1.84. The van der Waals surface area contributed by atoms with E-state index in [4.69, 9.17) is 0 Å². The van der Waals surface area contributed by atoms with Gasteiger partial charge in [-0.15, -0.1) is 0 Å². The highest BCUT2D eigenvalue weighted by Crippen LogP contribution is 1.98. The van der Waals surface area contributed by atoms with Gasteiger partial charge in [-0.1, -0.05) is 43.5 Å². The minimum absolute atomic E-state index is 0.0699. The predicted molar refractivity (Wildman–Crippen MR) is 77.5 cm³/mol. The summed E-state index contributed by atoms with van der Waals surface area (Å²) < 4.78 is 2.50. The van der Waals surface area contributed by atoms with Crippen molar-refractivity contribution < 1.29 is 0 Å². The van der Waals surface area contributed by atoms with Gasteiger partial charge in [-0.05, 0) is 5.56 Å². The van der Waals surface area contributed by atoms with E-state index in [0.29, 0.717) is 0 Å². The molecule has 0 N–H and O–H groups in total. The molecule has 0 unspecified atom stereocenters. The maximum Gasteiger partial charge on any atom is 0.344 e. The molecule has 0 spiro atoms. The summed E-state index contributed by atoms with van der Waals surface area (Å²) in [6.07, 6.45) is 2.15. The fourth-order valence-electron chi connectivity index (χ4n) is 1.84. The monoisotopic (exact) mass is 271 g/mol. The molecule has 1 heterocycles. The number of benzene rings is 1. The van der Waals surface area contributed by atoms with Crippen molar-refractivity contribution in [3.05, 3.63) is 80.5 Å². The van der Waals surface area contributed by atoms with Gasteiger partial charge in [0.15, 0.2) is 0 Å². The van der Waals surface area contributed by atoms with Gasteiger partial charge in [0.25, 0.3) is 0 Å². The van der Waals surface area contributed by atoms with Gasteiger partial charge in [0.2, 0.25) is 0 Å². The Morgan fingerprint density at radius 1 is 0.850 bits per heavy atom. The Morgan fingerprint density at radius 3 is 1.80 bits per heavy atom. The van der Waals surface area contributed by atoms with Gasteiger partial charge in [0, 0.05) is 12.4 Å². The maximum absolute atomic E-state index is 12.1. The zero-order valence-corrected chi connectivity index (χ0v) is 10.7. The van der Waals surface area contributed by atoms with Crippen molar-refractivity contribution in [3.8, 4) is 0 Å². The van der Waals surface area contributed by atoms with E-state index in [1.807, 2.05) is 6.07 Å². The first kappa shape index (κ1) is 13.5. The first-order valence-corrected chi connectivity index (χ1v) is 5.87. The molecule has 0 atom stereocenters. The first-order valence-electron chi connectivity index (χ1n) is 5.87. The zero-order valence-electron chi connectivity index (χ0n) is 10.7. The van der Waals surface area contributed by atoms with Crippen molar-refractivity contribution in [2.24, 2.45) is 0 Å². The Labute approximate surface area is 114 Å². The lowest BCUT2D eigenvalue weighted by Crippen LogP contribution is -2.51. The number of rotatable bonds is 4. The van der Waals surface area contributed by atoms with Crippen LogP contribution in [-0.2, 0) is 6.54 Å². The lowest BCUT2D eigenvalue weighted by Gasteiger charge is -2.09. The molecule has 0 amide bonds. The second kappa shape index (κ2) is 5.40. The second-order valence-corrected chi connectivity index (χ2v) is 4.02. The Morgan fingerprint density at radius 2 is 1.35 bits per heavy atom. The SMILES string of the molecule is C=Cn1c(=O)n(C=C)c(=O)n(Cc2ccccc2)c1=O. The van der Waals surface area contributed by atoms with Gasteiger partial charge in [-0.2, -0.15) is 0 Å². The smallest absolute Gasteiger partial charge is 0.247 e. The highest BCUT2D eigenvalue weighted by atomic mass is 16.2. The normalized spacial score (nSPS) is 10.2. The summed E-state index contributed by atoms with van der Waals surface area (Å²) in [6.45, 7) is 6.88. The van der Waals surface area contributed by atoms with E-state index in [1.54, 1.807) is 24.3 Å². The van der Waals surface area contributed by atoms with Crippen LogP contribution in [0.25, 0.3) is 12.4 Å². The van der Waals surface area contributed by atoms with E-state index in [2.05, 4.69) is 13.2 Å². The molecule has 0 bridgehead atoms. The van der Waals surface area contributed by atoms with E-state index in [0.717, 1.165) is 31.7 Å². The summed E-state index contributed by atoms with van der Waals surface area (Å²) in [7, 11) is 0. The number of hydrogen-bond donors (Lipinski definition) is 0. The molecule has 0 saturated heterocycles. The minimum atomic E-state index is -0.783. The van der Waals surface area contributed by atoms with Crippen LogP contribution in [0.1, 0.15) is 5.56 Å². The molecule has 102 valence electrons. The van der Waals surface area contributed by atoms with Crippen LogP contribution in [-0.4, -0.2) is 13.7 Å². The van der Waals surface area contributed by atoms with Gasteiger partial charge >= 0.3 is 17.1 Å². The van der Waals surface area contributed by atoms with Crippen molar-refractivity contribution in [2.75, 3.05) is 0 Å². The average Bonchev–Trinajstić information content (AvgIpc) is 2.46. The summed E-state index contributed by atoms with van der Waals surface area (Å²) in [6, 6.07) is 9.01. The predicted octanol–water partition coefficient (Wildman–Crippen LogP) is 0.421. The van der Waals surface area contributed by atoms with Crippen molar-refractivity contribution >= 4 is 12.4 Å². The van der Waals surface area contributed by atoms with Crippen LogP contribution in [0.3, 0.4) is 0 Å². The third-order valence-corrected chi connectivity index (χ3v) is 2.83. The summed E-state index contributed by atoms with van der Waals surface area (Å²) >= 11 is 0. The van der Waals surface area contributed by atoms with Crippen LogP contribution in [0.2, 0.25) is 0 Å². The highest BCUT2D eigenvalue weighted by Gasteiger charge is 2.12. The molecule has 0 aliphatic carbocycles. The molecule has 6 heteroatoms. The number of aromatic nitrogens is 3. The van der Waals surface area contributed by atoms with E-state index < -0.39 is 17.1 Å². The molecule has 0 aliphatic heterocycles. The standard InChI is InChI=1S/C14H13N3O3/c1-3-15-12(18)16(4-2)14(20)17(13(15)19)10-11-8-6-5-7-9-11/h3-9H,1-2,10H2.